The van der Waals surface area contributed by atoms with E-state index in [1.165, 1.54) is 0 Å². The summed E-state index contributed by atoms with van der Waals surface area (Å²) in [6, 6.07) is 0. The van der Waals surface area contributed by atoms with Gasteiger partial charge in [0.25, 0.3) is 0 Å². The van der Waals surface area contributed by atoms with Gasteiger partial charge in [0.05, 0.1) is 0 Å². The number of esters is 1. The third-order valence-electron chi connectivity index (χ3n) is 3.20. The van der Waals surface area contributed by atoms with Crippen LogP contribution in [0.4, 0.5) is 0 Å². The highest BCUT2D eigenvalue weighted by Gasteiger charge is 2.04. The van der Waals surface area contributed by atoms with Crippen LogP contribution in [0.2, 0.25) is 0 Å². The third kappa shape index (κ3) is 20.4. The van der Waals surface area contributed by atoms with E-state index < -0.39 is 5.56 Å². The van der Waals surface area contributed by atoms with E-state index in [9.17, 15) is 4.79 Å². The molecule has 0 radical (unpaired) electrons. The largest absolute Gasteiger partial charge is 0.446 e. The van der Waals surface area contributed by atoms with Gasteiger partial charge < -0.3 is 4.74 Å². The second-order valence-corrected chi connectivity index (χ2v) is 6.25. The molecule has 0 spiro atoms. The van der Waals surface area contributed by atoms with Gasteiger partial charge in [-0.2, -0.15) is 0 Å². The van der Waals surface area contributed by atoms with Gasteiger partial charge in [-0.25, -0.2) is 0 Å². The molecule has 1 atom stereocenters. The molecule has 0 bridgehead atoms. The van der Waals surface area contributed by atoms with Gasteiger partial charge in [0, 0.05) is 6.42 Å². The lowest BCUT2D eigenvalue weighted by Gasteiger charge is -2.04. The molecule has 0 aromatic carbocycles. The van der Waals surface area contributed by atoms with Crippen molar-refractivity contribution in [2.75, 3.05) is 0 Å². The van der Waals surface area contributed by atoms with Gasteiger partial charge in [0.15, 0.2) is 5.56 Å². The van der Waals surface area contributed by atoms with Gasteiger partial charge in [-0.15, -0.1) is 0 Å². The number of hydrogen-bond donors (Lipinski definition) is 0. The van der Waals surface area contributed by atoms with E-state index in [-0.39, 0.29) is 5.97 Å². The van der Waals surface area contributed by atoms with Crippen molar-refractivity contribution in [2.24, 2.45) is 0 Å². The molecule has 140 valence electrons. The zero-order valence-corrected chi connectivity index (χ0v) is 16.5. The van der Waals surface area contributed by atoms with E-state index in [4.69, 9.17) is 16.3 Å². The fraction of sp³-hybridized carbons (Fsp3) is 0.500. The number of ether oxygens (including phenoxy) is 1. The highest BCUT2D eigenvalue weighted by molar-refractivity contribution is 6.19. The van der Waals surface area contributed by atoms with Gasteiger partial charge in [0.2, 0.25) is 0 Å². The Bertz CT molecular complexity index is 457. The Balaban J connectivity index is 3.52. The number of carbonyl (C=O) groups is 1. The molecule has 0 saturated carbocycles. The fourth-order valence-corrected chi connectivity index (χ4v) is 2.07. The SMILES string of the molecule is CCC=CCC=CCC=CCC=CCC=CCCCC(=O)OC(C)Cl. The van der Waals surface area contributed by atoms with E-state index in [0.717, 1.165) is 44.9 Å². The summed E-state index contributed by atoms with van der Waals surface area (Å²) < 4.78 is 4.86. The van der Waals surface area contributed by atoms with E-state index in [1.54, 1.807) is 6.92 Å². The maximum atomic E-state index is 11.3. The third-order valence-corrected chi connectivity index (χ3v) is 3.29. The predicted molar refractivity (Wildman–Crippen MR) is 110 cm³/mol. The summed E-state index contributed by atoms with van der Waals surface area (Å²) in [6.07, 6.45) is 28.9. The number of rotatable bonds is 14. The van der Waals surface area contributed by atoms with Crippen LogP contribution in [0.3, 0.4) is 0 Å². The maximum Gasteiger partial charge on any atom is 0.307 e. The molecule has 0 saturated heterocycles. The van der Waals surface area contributed by atoms with Crippen LogP contribution >= 0.6 is 11.6 Å². The highest BCUT2D eigenvalue weighted by Crippen LogP contribution is 2.04. The lowest BCUT2D eigenvalue weighted by molar-refractivity contribution is -0.144. The number of hydrogen-bond acceptors (Lipinski definition) is 2. The van der Waals surface area contributed by atoms with Crippen LogP contribution in [-0.2, 0) is 9.53 Å². The molecule has 0 amide bonds. The molecule has 0 aromatic rings. The molecule has 0 N–H and O–H groups in total. The van der Waals surface area contributed by atoms with Crippen LogP contribution < -0.4 is 0 Å². The van der Waals surface area contributed by atoms with Crippen molar-refractivity contribution in [1.29, 1.82) is 0 Å². The Morgan fingerprint density at radius 3 is 1.72 bits per heavy atom. The summed E-state index contributed by atoms with van der Waals surface area (Å²) in [5.41, 5.74) is -0.541. The minimum atomic E-state index is -0.541. The Hall–Kier alpha value is -1.54. The summed E-state index contributed by atoms with van der Waals surface area (Å²) in [6.45, 7) is 3.79. The average molecular weight is 365 g/mol. The minimum absolute atomic E-state index is 0.227. The lowest BCUT2D eigenvalue weighted by Crippen LogP contribution is -2.08. The van der Waals surface area contributed by atoms with E-state index in [0.29, 0.717) is 6.42 Å². The topological polar surface area (TPSA) is 26.3 Å². The van der Waals surface area contributed by atoms with Gasteiger partial charge in [-0.1, -0.05) is 79.3 Å². The number of unbranched alkanes of at least 4 members (excludes halogenated alkanes) is 1. The summed E-state index contributed by atoms with van der Waals surface area (Å²) in [5, 5.41) is 0. The summed E-state index contributed by atoms with van der Waals surface area (Å²) >= 11 is 5.58. The number of alkyl halides is 1. The smallest absolute Gasteiger partial charge is 0.307 e. The molecule has 2 nitrogen and oxygen atoms in total. The Morgan fingerprint density at radius 1 is 0.840 bits per heavy atom. The molecule has 0 rings (SSSR count). The van der Waals surface area contributed by atoms with Crippen molar-refractivity contribution in [3.63, 3.8) is 0 Å². The summed E-state index contributed by atoms with van der Waals surface area (Å²) in [5.74, 6) is -0.227. The van der Waals surface area contributed by atoms with Crippen LogP contribution in [-0.4, -0.2) is 11.5 Å². The van der Waals surface area contributed by atoms with Crippen molar-refractivity contribution in [2.45, 2.75) is 70.8 Å². The molecule has 0 fully saturated rings. The van der Waals surface area contributed by atoms with Gasteiger partial charge in [0.1, 0.15) is 0 Å². The quantitative estimate of drug-likeness (QED) is 0.143. The van der Waals surface area contributed by atoms with E-state index in [1.807, 2.05) is 0 Å². The molecular formula is C22H33ClO2. The second kappa shape index (κ2) is 18.8. The predicted octanol–water partition coefficient (Wildman–Crippen LogP) is 7.04. The highest BCUT2D eigenvalue weighted by atomic mass is 35.5. The number of halogens is 1. The maximum absolute atomic E-state index is 11.3. The van der Waals surface area contributed by atoms with E-state index >= 15 is 0 Å². The van der Waals surface area contributed by atoms with Crippen molar-refractivity contribution < 1.29 is 9.53 Å². The van der Waals surface area contributed by atoms with Crippen LogP contribution in [0.25, 0.3) is 0 Å². The number of allylic oxidation sites excluding steroid dienone is 10. The Kier molecular flexibility index (Phi) is 17.6. The van der Waals surface area contributed by atoms with Crippen molar-refractivity contribution in [1.82, 2.24) is 0 Å². The molecule has 0 aliphatic carbocycles. The van der Waals surface area contributed by atoms with Crippen LogP contribution in [0.5, 0.6) is 0 Å². The molecular weight excluding hydrogens is 332 g/mol. The van der Waals surface area contributed by atoms with Gasteiger partial charge in [-0.3, -0.25) is 4.79 Å². The first-order valence-electron chi connectivity index (χ1n) is 9.25. The molecule has 3 heteroatoms. The fourth-order valence-electron chi connectivity index (χ4n) is 1.97. The number of carbonyl (C=O) groups excluding carboxylic acids is 1. The van der Waals surface area contributed by atoms with Crippen molar-refractivity contribution >= 4 is 17.6 Å². The van der Waals surface area contributed by atoms with Crippen LogP contribution in [0, 0.1) is 0 Å². The molecule has 0 aliphatic rings. The molecule has 0 aromatic heterocycles. The van der Waals surface area contributed by atoms with Crippen molar-refractivity contribution in [3.8, 4) is 0 Å². The summed E-state index contributed by atoms with van der Waals surface area (Å²) in [4.78, 5) is 11.3. The zero-order valence-electron chi connectivity index (χ0n) is 15.7. The van der Waals surface area contributed by atoms with E-state index in [2.05, 4.69) is 67.7 Å². The Labute approximate surface area is 159 Å². The first-order valence-corrected chi connectivity index (χ1v) is 9.69. The van der Waals surface area contributed by atoms with Gasteiger partial charge in [-0.05, 0) is 51.9 Å². The summed E-state index contributed by atoms with van der Waals surface area (Å²) in [7, 11) is 0. The molecule has 1 unspecified atom stereocenters. The monoisotopic (exact) mass is 364 g/mol. The first kappa shape index (κ1) is 23.5. The van der Waals surface area contributed by atoms with Crippen LogP contribution in [0.1, 0.15) is 65.2 Å². The van der Waals surface area contributed by atoms with Crippen molar-refractivity contribution in [3.05, 3.63) is 60.8 Å². The molecule has 0 aliphatic heterocycles. The standard InChI is InChI=1S/C22H33ClO2/c1-3-4-5-6-7-8-9-10-11-12-13-14-15-16-17-18-19-20-22(24)25-21(2)23/h4-5,7-8,10-11,13-14,16-17,21H,3,6,9,12,15,18-20H2,1-2H3. The minimum Gasteiger partial charge on any atom is -0.446 e. The zero-order chi connectivity index (χ0) is 18.6. The van der Waals surface area contributed by atoms with Crippen LogP contribution in [0.15, 0.2) is 60.8 Å². The second-order valence-electron chi connectivity index (χ2n) is 5.63. The molecule has 0 heterocycles. The normalized spacial score (nSPS) is 13.9. The average Bonchev–Trinajstić information content (AvgIpc) is 2.57. The lowest BCUT2D eigenvalue weighted by atomic mass is 10.2. The van der Waals surface area contributed by atoms with Gasteiger partial charge >= 0.3 is 5.97 Å². The molecule has 25 heavy (non-hydrogen) atoms. The Morgan fingerprint density at radius 2 is 1.28 bits per heavy atom. The first-order chi connectivity index (χ1) is 12.2.